The van der Waals surface area contributed by atoms with E-state index in [-0.39, 0.29) is 0 Å². The molecule has 142 valence electrons. The Hall–Kier alpha value is -2.85. The quantitative estimate of drug-likeness (QED) is 0.324. The molecule has 0 saturated heterocycles. The van der Waals surface area contributed by atoms with Gasteiger partial charge in [0.15, 0.2) is 0 Å². The molecule has 0 unspecified atom stereocenters. The zero-order valence-electron chi connectivity index (χ0n) is 16.3. The van der Waals surface area contributed by atoms with Gasteiger partial charge in [0.1, 0.15) is 18.1 Å². The van der Waals surface area contributed by atoms with E-state index in [9.17, 15) is 9.90 Å². The highest BCUT2D eigenvalue weighted by molar-refractivity contribution is 5.89. The predicted octanol–water partition coefficient (Wildman–Crippen LogP) is 5.02. The highest BCUT2D eigenvalue weighted by atomic mass is 16.5. The number of hydrogen-bond donors (Lipinski definition) is 1. The number of esters is 1. The maximum atomic E-state index is 11.8. The third-order valence-electron chi connectivity index (χ3n) is 3.86. The maximum Gasteiger partial charge on any atom is 0.338 e. The molecule has 4 heteroatoms. The van der Waals surface area contributed by atoms with Gasteiger partial charge in [0.2, 0.25) is 0 Å². The van der Waals surface area contributed by atoms with Crippen LogP contribution in [0.3, 0.4) is 0 Å². The van der Waals surface area contributed by atoms with Crippen LogP contribution in [0, 0.1) is 0 Å². The summed E-state index contributed by atoms with van der Waals surface area (Å²) in [6.45, 7) is 14.8. The van der Waals surface area contributed by atoms with Crippen molar-refractivity contribution >= 4 is 5.97 Å². The van der Waals surface area contributed by atoms with Crippen molar-refractivity contribution in [1.29, 1.82) is 0 Å². The van der Waals surface area contributed by atoms with E-state index in [0.29, 0.717) is 23.5 Å². The van der Waals surface area contributed by atoms with Crippen molar-refractivity contribution in [2.45, 2.75) is 33.3 Å². The third-order valence-corrected chi connectivity index (χ3v) is 3.86. The molecule has 0 fully saturated rings. The van der Waals surface area contributed by atoms with Crippen LogP contribution in [0.25, 0.3) is 11.1 Å². The van der Waals surface area contributed by atoms with Crippen molar-refractivity contribution in [3.8, 4) is 22.6 Å². The molecule has 0 aliphatic carbocycles. The SMILES string of the molecule is C=C(C)COc1ccc(-c2ccc(OC(=O)C(=C)C)cc2C(C)(C)O)cc1. The van der Waals surface area contributed by atoms with Crippen LogP contribution in [-0.2, 0) is 10.4 Å². The van der Waals surface area contributed by atoms with Gasteiger partial charge in [-0.1, -0.05) is 31.4 Å². The molecular formula is C23H26O4. The van der Waals surface area contributed by atoms with Crippen molar-refractivity contribution < 1.29 is 19.4 Å². The third kappa shape index (κ3) is 5.56. The zero-order valence-corrected chi connectivity index (χ0v) is 16.3. The summed E-state index contributed by atoms with van der Waals surface area (Å²) in [5, 5.41) is 10.6. The minimum atomic E-state index is -1.11. The molecule has 0 spiro atoms. The van der Waals surface area contributed by atoms with Crippen molar-refractivity contribution in [2.24, 2.45) is 0 Å². The van der Waals surface area contributed by atoms with Crippen LogP contribution in [-0.4, -0.2) is 17.7 Å². The van der Waals surface area contributed by atoms with E-state index in [1.165, 1.54) is 0 Å². The van der Waals surface area contributed by atoms with Crippen molar-refractivity contribution in [1.82, 2.24) is 0 Å². The van der Waals surface area contributed by atoms with E-state index in [4.69, 9.17) is 9.47 Å². The molecule has 2 aromatic rings. The molecule has 0 atom stereocenters. The van der Waals surface area contributed by atoms with Gasteiger partial charge in [-0.25, -0.2) is 4.79 Å². The van der Waals surface area contributed by atoms with Gasteiger partial charge < -0.3 is 14.6 Å². The first-order chi connectivity index (χ1) is 12.6. The average Bonchev–Trinajstić information content (AvgIpc) is 2.59. The molecule has 0 heterocycles. The molecule has 1 N–H and O–H groups in total. The zero-order chi connectivity index (χ0) is 20.2. The molecule has 2 aromatic carbocycles. The summed E-state index contributed by atoms with van der Waals surface area (Å²) in [4.78, 5) is 11.8. The van der Waals surface area contributed by atoms with Gasteiger partial charge in [-0.15, -0.1) is 0 Å². The van der Waals surface area contributed by atoms with E-state index in [1.54, 1.807) is 32.9 Å². The highest BCUT2D eigenvalue weighted by Gasteiger charge is 2.22. The first-order valence-electron chi connectivity index (χ1n) is 8.70. The largest absolute Gasteiger partial charge is 0.489 e. The fourth-order valence-electron chi connectivity index (χ4n) is 2.48. The summed E-state index contributed by atoms with van der Waals surface area (Å²) in [6.07, 6.45) is 0. The Bertz CT molecular complexity index is 855. The average molecular weight is 366 g/mol. The lowest BCUT2D eigenvalue weighted by molar-refractivity contribution is -0.130. The summed E-state index contributed by atoms with van der Waals surface area (Å²) in [6, 6.07) is 12.8. The molecular weight excluding hydrogens is 340 g/mol. The summed E-state index contributed by atoms with van der Waals surface area (Å²) in [7, 11) is 0. The number of hydrogen-bond acceptors (Lipinski definition) is 4. The molecule has 0 amide bonds. The van der Waals surface area contributed by atoms with Crippen LogP contribution in [0.4, 0.5) is 0 Å². The lowest BCUT2D eigenvalue weighted by Crippen LogP contribution is -2.17. The first kappa shape index (κ1) is 20.5. The maximum absolute atomic E-state index is 11.8. The van der Waals surface area contributed by atoms with Crippen LogP contribution >= 0.6 is 0 Å². The number of aliphatic hydroxyl groups is 1. The Kier molecular flexibility index (Phi) is 6.24. The Morgan fingerprint density at radius 3 is 2.15 bits per heavy atom. The first-order valence-corrected chi connectivity index (χ1v) is 8.70. The fourth-order valence-corrected chi connectivity index (χ4v) is 2.48. The second kappa shape index (κ2) is 8.23. The number of benzene rings is 2. The van der Waals surface area contributed by atoms with E-state index < -0.39 is 11.6 Å². The summed E-state index contributed by atoms with van der Waals surface area (Å²) >= 11 is 0. The van der Waals surface area contributed by atoms with Crippen molar-refractivity contribution in [3.05, 3.63) is 72.3 Å². The monoisotopic (exact) mass is 366 g/mol. The van der Waals surface area contributed by atoms with E-state index >= 15 is 0 Å². The molecule has 0 aromatic heterocycles. The Balaban J connectivity index is 2.36. The normalized spacial score (nSPS) is 11.0. The fraction of sp³-hybridized carbons (Fsp3) is 0.261. The molecule has 0 aliphatic heterocycles. The number of rotatable bonds is 7. The van der Waals surface area contributed by atoms with E-state index in [0.717, 1.165) is 22.4 Å². The van der Waals surface area contributed by atoms with Gasteiger partial charge in [-0.3, -0.25) is 0 Å². The van der Waals surface area contributed by atoms with Gasteiger partial charge in [-0.2, -0.15) is 0 Å². The highest BCUT2D eigenvalue weighted by Crippen LogP contribution is 2.35. The summed E-state index contributed by atoms with van der Waals surface area (Å²) < 4.78 is 10.9. The smallest absolute Gasteiger partial charge is 0.338 e. The minimum absolute atomic E-state index is 0.314. The van der Waals surface area contributed by atoms with Gasteiger partial charge >= 0.3 is 5.97 Å². The van der Waals surface area contributed by atoms with Gasteiger partial charge in [-0.05, 0) is 74.2 Å². The number of carbonyl (C=O) groups excluding carboxylic acids is 1. The molecule has 0 saturated carbocycles. The number of ether oxygens (including phenoxy) is 2. The van der Waals surface area contributed by atoms with E-state index in [1.807, 2.05) is 37.3 Å². The standard InChI is InChI=1S/C23H26O4/c1-15(2)14-26-18-9-7-17(8-10-18)20-12-11-19(27-22(24)16(3)4)13-21(20)23(5,6)25/h7-13,25H,1,3,14H2,2,4-6H3. The molecule has 0 aliphatic rings. The van der Waals surface area contributed by atoms with E-state index in [2.05, 4.69) is 13.2 Å². The van der Waals surface area contributed by atoms with Gasteiger partial charge in [0.05, 0.1) is 5.60 Å². The lowest BCUT2D eigenvalue weighted by atomic mass is 9.89. The van der Waals surface area contributed by atoms with Crippen molar-refractivity contribution in [2.75, 3.05) is 6.61 Å². The van der Waals surface area contributed by atoms with Crippen LogP contribution in [0.1, 0.15) is 33.3 Å². The van der Waals surface area contributed by atoms with Crippen molar-refractivity contribution in [3.63, 3.8) is 0 Å². The van der Waals surface area contributed by atoms with Gasteiger partial charge in [0.25, 0.3) is 0 Å². The summed E-state index contributed by atoms with van der Waals surface area (Å²) in [5.41, 5.74) is 2.58. The molecule has 2 rings (SSSR count). The predicted molar refractivity (Wildman–Crippen MR) is 108 cm³/mol. The Labute approximate surface area is 160 Å². The molecule has 4 nitrogen and oxygen atoms in total. The van der Waals surface area contributed by atoms with Crippen LogP contribution in [0.2, 0.25) is 0 Å². The number of carbonyl (C=O) groups is 1. The lowest BCUT2D eigenvalue weighted by Gasteiger charge is -2.23. The van der Waals surface area contributed by atoms with Gasteiger partial charge in [0, 0.05) is 5.57 Å². The Morgan fingerprint density at radius 1 is 1.04 bits per heavy atom. The Morgan fingerprint density at radius 2 is 1.63 bits per heavy atom. The van der Waals surface area contributed by atoms with Crippen LogP contribution < -0.4 is 9.47 Å². The molecule has 0 bridgehead atoms. The molecule has 27 heavy (non-hydrogen) atoms. The second-order valence-electron chi connectivity index (χ2n) is 7.21. The minimum Gasteiger partial charge on any atom is -0.489 e. The topological polar surface area (TPSA) is 55.8 Å². The second-order valence-corrected chi connectivity index (χ2v) is 7.21. The summed E-state index contributed by atoms with van der Waals surface area (Å²) in [5.74, 6) is 0.618. The van der Waals surface area contributed by atoms with Crippen LogP contribution in [0.5, 0.6) is 11.5 Å². The van der Waals surface area contributed by atoms with Crippen LogP contribution in [0.15, 0.2) is 66.8 Å². The molecule has 0 radical (unpaired) electrons.